The summed E-state index contributed by atoms with van der Waals surface area (Å²) in [6.45, 7) is 2.04. The molecule has 1 fully saturated rings. The molecule has 0 aromatic heterocycles. The second kappa shape index (κ2) is 10.5. The van der Waals surface area contributed by atoms with Crippen LogP contribution in [0, 0.1) is 0 Å². The molecule has 0 aromatic rings. The van der Waals surface area contributed by atoms with Gasteiger partial charge in [0, 0.05) is 33.7 Å². The topological polar surface area (TPSA) is 72.0 Å². The molecular formula is C14H27N3O3. The lowest BCUT2D eigenvalue weighted by Crippen LogP contribution is -2.39. The number of guanidine groups is 1. The van der Waals surface area contributed by atoms with E-state index in [1.54, 1.807) is 14.2 Å². The molecule has 0 bridgehead atoms. The molecule has 0 aromatic carbocycles. The molecule has 1 rings (SSSR count). The molecule has 0 spiro atoms. The second-order valence-corrected chi connectivity index (χ2v) is 4.92. The summed E-state index contributed by atoms with van der Waals surface area (Å²) in [4.78, 5) is 15.7. The van der Waals surface area contributed by atoms with Gasteiger partial charge in [-0.3, -0.25) is 9.79 Å². The van der Waals surface area contributed by atoms with Crippen LogP contribution in [0.3, 0.4) is 0 Å². The Kier molecular flexibility index (Phi) is 8.78. The predicted molar refractivity (Wildman–Crippen MR) is 78.8 cm³/mol. The third-order valence-corrected chi connectivity index (χ3v) is 3.27. The maximum atomic E-state index is 11.6. The number of methoxy groups -OCH3 is 1. The first-order valence-electron chi connectivity index (χ1n) is 7.39. The van der Waals surface area contributed by atoms with Crippen LogP contribution in [0.2, 0.25) is 0 Å². The Labute approximate surface area is 121 Å². The summed E-state index contributed by atoms with van der Waals surface area (Å²) >= 11 is 0. The van der Waals surface area contributed by atoms with E-state index in [1.165, 1.54) is 12.8 Å². The first-order valence-corrected chi connectivity index (χ1v) is 7.39. The maximum absolute atomic E-state index is 11.6. The lowest BCUT2D eigenvalue weighted by molar-refractivity contribution is -0.148. The van der Waals surface area contributed by atoms with E-state index in [4.69, 9.17) is 9.47 Å². The number of rotatable bonds is 8. The van der Waals surface area contributed by atoms with Crippen molar-refractivity contribution in [1.29, 1.82) is 0 Å². The summed E-state index contributed by atoms with van der Waals surface area (Å²) in [5, 5.41) is 6.27. The Morgan fingerprint density at radius 1 is 1.25 bits per heavy atom. The van der Waals surface area contributed by atoms with Crippen molar-refractivity contribution in [1.82, 2.24) is 10.6 Å². The van der Waals surface area contributed by atoms with Crippen LogP contribution in [0.1, 0.15) is 38.5 Å². The van der Waals surface area contributed by atoms with Crippen molar-refractivity contribution < 1.29 is 14.3 Å². The molecule has 1 saturated carbocycles. The molecule has 0 saturated heterocycles. The summed E-state index contributed by atoms with van der Waals surface area (Å²) in [5.41, 5.74) is 0. The highest BCUT2D eigenvalue weighted by Crippen LogP contribution is 2.21. The van der Waals surface area contributed by atoms with Crippen LogP contribution in [-0.4, -0.2) is 51.9 Å². The Bertz CT molecular complexity index is 302. The molecule has 0 aliphatic heterocycles. The molecule has 6 heteroatoms. The monoisotopic (exact) mass is 285 g/mol. The van der Waals surface area contributed by atoms with E-state index in [9.17, 15) is 4.79 Å². The average molecular weight is 285 g/mol. The smallest absolute Gasteiger partial charge is 0.306 e. The minimum Gasteiger partial charge on any atom is -0.462 e. The molecule has 6 nitrogen and oxygen atoms in total. The van der Waals surface area contributed by atoms with Gasteiger partial charge in [0.15, 0.2) is 5.96 Å². The lowest BCUT2D eigenvalue weighted by Gasteiger charge is -2.13. The van der Waals surface area contributed by atoms with Crippen molar-refractivity contribution in [3.63, 3.8) is 0 Å². The standard InChI is InChI=1S/C14H27N3O3/c1-15-14(17-10-11-19-2)16-9-5-8-13(18)20-12-6-3-4-7-12/h12H,3-11H2,1-2H3,(H2,15,16,17). The number of carbonyl (C=O) groups excluding carboxylic acids is 1. The quantitative estimate of drug-likeness (QED) is 0.302. The zero-order chi connectivity index (χ0) is 14.6. The van der Waals surface area contributed by atoms with E-state index in [1.807, 2.05) is 0 Å². The molecule has 1 aliphatic carbocycles. The molecule has 0 radical (unpaired) electrons. The number of nitrogens with zero attached hydrogens (tertiary/aromatic N) is 1. The Morgan fingerprint density at radius 3 is 2.60 bits per heavy atom. The fourth-order valence-electron chi connectivity index (χ4n) is 2.18. The summed E-state index contributed by atoms with van der Waals surface area (Å²) < 4.78 is 10.3. The zero-order valence-corrected chi connectivity index (χ0v) is 12.6. The van der Waals surface area contributed by atoms with Gasteiger partial charge in [0.25, 0.3) is 0 Å². The van der Waals surface area contributed by atoms with E-state index in [0.29, 0.717) is 26.1 Å². The van der Waals surface area contributed by atoms with E-state index >= 15 is 0 Å². The number of aliphatic imine (C=N–C) groups is 1. The number of nitrogens with one attached hydrogen (secondary N) is 2. The third-order valence-electron chi connectivity index (χ3n) is 3.27. The van der Waals surface area contributed by atoms with Gasteiger partial charge in [0.05, 0.1) is 6.61 Å². The summed E-state index contributed by atoms with van der Waals surface area (Å²) in [6, 6.07) is 0. The second-order valence-electron chi connectivity index (χ2n) is 4.92. The third kappa shape index (κ3) is 7.33. The highest BCUT2D eigenvalue weighted by atomic mass is 16.5. The van der Waals surface area contributed by atoms with Crippen molar-refractivity contribution in [2.75, 3.05) is 33.9 Å². The summed E-state index contributed by atoms with van der Waals surface area (Å²) in [5.74, 6) is 0.646. The Morgan fingerprint density at radius 2 is 1.95 bits per heavy atom. The largest absolute Gasteiger partial charge is 0.462 e. The first-order chi connectivity index (χ1) is 9.76. The van der Waals surface area contributed by atoms with Crippen molar-refractivity contribution in [2.45, 2.75) is 44.6 Å². The maximum Gasteiger partial charge on any atom is 0.306 e. The van der Waals surface area contributed by atoms with Crippen LogP contribution in [0.25, 0.3) is 0 Å². The normalized spacial score (nSPS) is 16.2. The van der Waals surface area contributed by atoms with Crippen LogP contribution >= 0.6 is 0 Å². The molecule has 2 N–H and O–H groups in total. The van der Waals surface area contributed by atoms with E-state index in [-0.39, 0.29) is 12.1 Å². The molecule has 20 heavy (non-hydrogen) atoms. The van der Waals surface area contributed by atoms with Gasteiger partial charge in [-0.05, 0) is 32.1 Å². The summed E-state index contributed by atoms with van der Waals surface area (Å²) in [7, 11) is 3.38. The minimum absolute atomic E-state index is 0.0824. The Hall–Kier alpha value is -1.30. The molecule has 0 amide bonds. The molecule has 1 aliphatic rings. The van der Waals surface area contributed by atoms with Gasteiger partial charge in [-0.2, -0.15) is 0 Å². The number of esters is 1. The van der Waals surface area contributed by atoms with Crippen LogP contribution in [0.15, 0.2) is 4.99 Å². The summed E-state index contributed by atoms with van der Waals surface area (Å²) in [6.07, 6.45) is 5.79. The number of carbonyl (C=O) groups is 1. The minimum atomic E-state index is -0.0824. The van der Waals surface area contributed by atoms with Crippen molar-refractivity contribution in [3.05, 3.63) is 0 Å². The van der Waals surface area contributed by atoms with Crippen LogP contribution in [0.4, 0.5) is 0 Å². The van der Waals surface area contributed by atoms with Gasteiger partial charge < -0.3 is 20.1 Å². The number of ether oxygens (including phenoxy) is 2. The van der Waals surface area contributed by atoms with Gasteiger partial charge in [-0.15, -0.1) is 0 Å². The SMILES string of the molecule is CN=C(NCCCC(=O)OC1CCCC1)NCCOC. The van der Waals surface area contributed by atoms with E-state index in [0.717, 1.165) is 25.2 Å². The van der Waals surface area contributed by atoms with Gasteiger partial charge in [-0.1, -0.05) is 0 Å². The molecule has 0 heterocycles. The highest BCUT2D eigenvalue weighted by molar-refractivity contribution is 5.79. The van der Waals surface area contributed by atoms with Gasteiger partial charge >= 0.3 is 5.97 Å². The van der Waals surface area contributed by atoms with Crippen molar-refractivity contribution in [2.24, 2.45) is 4.99 Å². The fourth-order valence-corrected chi connectivity index (χ4v) is 2.18. The fraction of sp³-hybridized carbons (Fsp3) is 0.857. The molecule has 0 atom stereocenters. The zero-order valence-electron chi connectivity index (χ0n) is 12.6. The average Bonchev–Trinajstić information content (AvgIpc) is 2.94. The molecular weight excluding hydrogens is 258 g/mol. The molecule has 116 valence electrons. The van der Waals surface area contributed by atoms with E-state index < -0.39 is 0 Å². The molecule has 0 unspecified atom stereocenters. The van der Waals surface area contributed by atoms with Crippen LogP contribution < -0.4 is 10.6 Å². The van der Waals surface area contributed by atoms with Crippen LogP contribution in [0.5, 0.6) is 0 Å². The van der Waals surface area contributed by atoms with E-state index in [2.05, 4.69) is 15.6 Å². The van der Waals surface area contributed by atoms with Crippen LogP contribution in [-0.2, 0) is 14.3 Å². The van der Waals surface area contributed by atoms with Gasteiger partial charge in [0.2, 0.25) is 0 Å². The first kappa shape index (κ1) is 16.8. The van der Waals surface area contributed by atoms with Gasteiger partial charge in [0.1, 0.15) is 6.10 Å². The lowest BCUT2D eigenvalue weighted by atomic mass is 10.3. The Balaban J connectivity index is 2.03. The van der Waals surface area contributed by atoms with Crippen molar-refractivity contribution in [3.8, 4) is 0 Å². The number of hydrogen-bond acceptors (Lipinski definition) is 4. The van der Waals surface area contributed by atoms with Gasteiger partial charge in [-0.25, -0.2) is 0 Å². The predicted octanol–water partition coefficient (Wildman–Crippen LogP) is 1.06. The number of hydrogen-bond donors (Lipinski definition) is 2. The highest BCUT2D eigenvalue weighted by Gasteiger charge is 2.18. The van der Waals surface area contributed by atoms with Crippen molar-refractivity contribution >= 4 is 11.9 Å².